The molecule has 1 amide bonds. The van der Waals surface area contributed by atoms with Gasteiger partial charge in [0.05, 0.1) is 0 Å². The molecular weight excluding hydrogens is 322 g/mol. The molecule has 6 heteroatoms. The van der Waals surface area contributed by atoms with Gasteiger partial charge in [-0.05, 0) is 41.3 Å². The molecule has 0 aliphatic carbocycles. The van der Waals surface area contributed by atoms with E-state index in [9.17, 15) is 9.59 Å². The number of hydrogen-bond acceptors (Lipinski definition) is 3. The van der Waals surface area contributed by atoms with Crippen molar-refractivity contribution >= 4 is 21.8 Å². The van der Waals surface area contributed by atoms with Gasteiger partial charge in [-0.3, -0.25) is 9.59 Å². The van der Waals surface area contributed by atoms with E-state index in [1.54, 1.807) is 12.3 Å². The smallest absolute Gasteiger partial charge is 0.251 e. The summed E-state index contributed by atoms with van der Waals surface area (Å²) in [6.07, 6.45) is 5.04. The second-order valence-corrected chi connectivity index (χ2v) is 6.50. The number of pyridine rings is 1. The standard InChI is InChI=1S/C14H18BrN3O2/c15-10-1-4-13(19)18(7-10)9-14(20)17-6-5-11-2-3-12(8-17)16-11/h1,4,7,11-12,16H,2-3,5-6,8-9H2. The van der Waals surface area contributed by atoms with Crippen molar-refractivity contribution in [2.75, 3.05) is 13.1 Å². The quantitative estimate of drug-likeness (QED) is 0.873. The van der Waals surface area contributed by atoms with Crippen molar-refractivity contribution < 1.29 is 4.79 Å². The molecule has 0 spiro atoms. The van der Waals surface area contributed by atoms with Gasteiger partial charge in [0.1, 0.15) is 6.54 Å². The third-order valence-corrected chi connectivity index (χ3v) is 4.60. The van der Waals surface area contributed by atoms with Gasteiger partial charge in [0.25, 0.3) is 5.56 Å². The molecule has 2 unspecified atom stereocenters. The van der Waals surface area contributed by atoms with Gasteiger partial charge in [-0.2, -0.15) is 0 Å². The number of aromatic nitrogens is 1. The molecule has 2 fully saturated rings. The fourth-order valence-corrected chi connectivity index (χ4v) is 3.42. The third kappa shape index (κ3) is 2.96. The first-order chi connectivity index (χ1) is 9.61. The van der Waals surface area contributed by atoms with E-state index in [2.05, 4.69) is 21.2 Å². The Kier molecular flexibility index (Phi) is 3.94. The summed E-state index contributed by atoms with van der Waals surface area (Å²) in [4.78, 5) is 26.0. The molecule has 1 aromatic heterocycles. The van der Waals surface area contributed by atoms with E-state index in [0.29, 0.717) is 12.1 Å². The molecule has 1 N–H and O–H groups in total. The highest BCUT2D eigenvalue weighted by atomic mass is 79.9. The first-order valence-corrected chi connectivity index (χ1v) is 7.81. The summed E-state index contributed by atoms with van der Waals surface area (Å²) in [7, 11) is 0. The van der Waals surface area contributed by atoms with E-state index in [1.165, 1.54) is 17.1 Å². The lowest BCUT2D eigenvalue weighted by atomic mass is 10.1. The number of likely N-dealkylation sites (tertiary alicyclic amines) is 1. The number of amides is 1. The Labute approximate surface area is 126 Å². The third-order valence-electron chi connectivity index (χ3n) is 4.13. The van der Waals surface area contributed by atoms with Crippen LogP contribution in [0.1, 0.15) is 19.3 Å². The lowest BCUT2D eigenvalue weighted by Crippen LogP contribution is -2.41. The van der Waals surface area contributed by atoms with Crippen LogP contribution >= 0.6 is 15.9 Å². The molecule has 2 bridgehead atoms. The number of nitrogens with one attached hydrogen (secondary N) is 1. The molecular formula is C14H18BrN3O2. The summed E-state index contributed by atoms with van der Waals surface area (Å²) < 4.78 is 2.27. The Balaban J connectivity index is 1.69. The molecule has 1 aromatic rings. The van der Waals surface area contributed by atoms with Crippen molar-refractivity contribution in [2.45, 2.75) is 37.9 Å². The maximum absolute atomic E-state index is 12.4. The summed E-state index contributed by atoms with van der Waals surface area (Å²) in [6, 6.07) is 4.15. The molecule has 0 saturated carbocycles. The van der Waals surface area contributed by atoms with E-state index in [4.69, 9.17) is 0 Å². The highest BCUT2D eigenvalue weighted by Gasteiger charge is 2.31. The van der Waals surface area contributed by atoms with Crippen LogP contribution < -0.4 is 10.9 Å². The number of nitrogens with zero attached hydrogens (tertiary/aromatic N) is 2. The lowest BCUT2D eigenvalue weighted by molar-refractivity contribution is -0.132. The van der Waals surface area contributed by atoms with Gasteiger partial charge in [0, 0.05) is 41.9 Å². The Morgan fingerprint density at radius 3 is 2.95 bits per heavy atom. The number of hydrogen-bond donors (Lipinski definition) is 1. The van der Waals surface area contributed by atoms with Gasteiger partial charge in [-0.15, -0.1) is 0 Å². The van der Waals surface area contributed by atoms with Crippen LogP contribution in [0, 0.1) is 0 Å². The average molecular weight is 340 g/mol. The zero-order chi connectivity index (χ0) is 14.1. The van der Waals surface area contributed by atoms with Gasteiger partial charge in [-0.1, -0.05) is 0 Å². The van der Waals surface area contributed by atoms with E-state index in [-0.39, 0.29) is 18.0 Å². The van der Waals surface area contributed by atoms with Crippen LogP contribution in [-0.4, -0.2) is 40.5 Å². The molecule has 108 valence electrons. The zero-order valence-electron chi connectivity index (χ0n) is 11.2. The predicted molar refractivity (Wildman–Crippen MR) is 79.5 cm³/mol. The minimum Gasteiger partial charge on any atom is -0.340 e. The Hall–Kier alpha value is -1.14. The Morgan fingerprint density at radius 2 is 2.10 bits per heavy atom. The molecule has 2 aliphatic rings. The van der Waals surface area contributed by atoms with Gasteiger partial charge >= 0.3 is 0 Å². The molecule has 3 rings (SSSR count). The topological polar surface area (TPSA) is 54.3 Å². The molecule has 0 aromatic carbocycles. The van der Waals surface area contributed by atoms with Gasteiger partial charge in [0.15, 0.2) is 0 Å². The van der Waals surface area contributed by atoms with Crippen LogP contribution in [0.15, 0.2) is 27.6 Å². The summed E-state index contributed by atoms with van der Waals surface area (Å²) >= 11 is 3.33. The van der Waals surface area contributed by atoms with Crippen LogP contribution in [-0.2, 0) is 11.3 Å². The van der Waals surface area contributed by atoms with E-state index >= 15 is 0 Å². The minimum atomic E-state index is -0.143. The van der Waals surface area contributed by atoms with Crippen LogP contribution in [0.25, 0.3) is 0 Å². The molecule has 20 heavy (non-hydrogen) atoms. The van der Waals surface area contributed by atoms with E-state index < -0.39 is 0 Å². The number of halogens is 1. The molecule has 2 aliphatic heterocycles. The average Bonchev–Trinajstić information content (AvgIpc) is 2.73. The fraction of sp³-hybridized carbons (Fsp3) is 0.571. The Morgan fingerprint density at radius 1 is 1.30 bits per heavy atom. The largest absolute Gasteiger partial charge is 0.340 e. The van der Waals surface area contributed by atoms with E-state index in [0.717, 1.165) is 30.4 Å². The minimum absolute atomic E-state index is 0.0274. The molecule has 3 heterocycles. The van der Waals surface area contributed by atoms with Crippen molar-refractivity contribution in [2.24, 2.45) is 0 Å². The van der Waals surface area contributed by atoms with Crippen molar-refractivity contribution in [3.63, 3.8) is 0 Å². The maximum atomic E-state index is 12.4. The monoisotopic (exact) mass is 339 g/mol. The molecule has 2 atom stereocenters. The first-order valence-electron chi connectivity index (χ1n) is 7.01. The predicted octanol–water partition coefficient (Wildman–Crippen LogP) is 0.964. The maximum Gasteiger partial charge on any atom is 0.251 e. The molecule has 2 saturated heterocycles. The van der Waals surface area contributed by atoms with Gasteiger partial charge < -0.3 is 14.8 Å². The second kappa shape index (κ2) is 5.69. The normalized spacial score (nSPS) is 25.6. The second-order valence-electron chi connectivity index (χ2n) is 5.58. The van der Waals surface area contributed by atoms with Crippen LogP contribution in [0.5, 0.6) is 0 Å². The van der Waals surface area contributed by atoms with Crippen molar-refractivity contribution in [3.8, 4) is 0 Å². The summed E-state index contributed by atoms with van der Waals surface area (Å²) in [6.45, 7) is 1.67. The van der Waals surface area contributed by atoms with Gasteiger partial charge in [-0.25, -0.2) is 0 Å². The van der Waals surface area contributed by atoms with E-state index in [1.807, 2.05) is 4.90 Å². The van der Waals surface area contributed by atoms with Gasteiger partial charge in [0.2, 0.25) is 5.91 Å². The first kappa shape index (κ1) is 13.8. The fourth-order valence-electron chi connectivity index (χ4n) is 3.04. The summed E-state index contributed by atoms with van der Waals surface area (Å²) in [5, 5.41) is 3.55. The number of rotatable bonds is 2. The lowest BCUT2D eigenvalue weighted by Gasteiger charge is -2.24. The highest BCUT2D eigenvalue weighted by Crippen LogP contribution is 2.20. The SMILES string of the molecule is O=C(Cn1cc(Br)ccc1=O)N1CCC2CCC(C1)N2. The van der Waals surface area contributed by atoms with Crippen molar-refractivity contribution in [3.05, 3.63) is 33.2 Å². The number of fused-ring (bicyclic) bond motifs is 2. The zero-order valence-corrected chi connectivity index (χ0v) is 12.8. The van der Waals surface area contributed by atoms with Crippen LogP contribution in [0.2, 0.25) is 0 Å². The molecule has 0 radical (unpaired) electrons. The molecule has 5 nitrogen and oxygen atoms in total. The summed E-state index contributed by atoms with van der Waals surface area (Å²) in [5.41, 5.74) is -0.143. The number of carbonyl (C=O) groups is 1. The summed E-state index contributed by atoms with van der Waals surface area (Å²) in [5.74, 6) is 0.0274. The Bertz CT molecular complexity index is 572. The highest BCUT2D eigenvalue weighted by molar-refractivity contribution is 9.10. The number of carbonyl (C=O) groups excluding carboxylic acids is 1. The van der Waals surface area contributed by atoms with Crippen LogP contribution in [0.3, 0.4) is 0 Å². The van der Waals surface area contributed by atoms with Crippen molar-refractivity contribution in [1.29, 1.82) is 0 Å². The van der Waals surface area contributed by atoms with Crippen LogP contribution in [0.4, 0.5) is 0 Å². The van der Waals surface area contributed by atoms with Crippen molar-refractivity contribution in [1.82, 2.24) is 14.8 Å².